The lowest BCUT2D eigenvalue weighted by atomic mass is 9.66. The summed E-state index contributed by atoms with van der Waals surface area (Å²) in [5, 5.41) is 19.9. The van der Waals surface area contributed by atoms with Gasteiger partial charge in [0.2, 0.25) is 0 Å². The van der Waals surface area contributed by atoms with Crippen molar-refractivity contribution in [3.05, 3.63) is 27.9 Å². The zero-order chi connectivity index (χ0) is 15.9. The fourth-order valence-electron chi connectivity index (χ4n) is 3.76. The number of nitrogens with zero attached hydrogens (tertiary/aromatic N) is 1. The largest absolute Gasteiger partial charge is 0.388 e. The van der Waals surface area contributed by atoms with Crippen molar-refractivity contribution in [1.29, 1.82) is 0 Å². The summed E-state index contributed by atoms with van der Waals surface area (Å²) in [6.07, 6.45) is 7.13. The van der Waals surface area contributed by atoms with E-state index in [1.54, 1.807) is 12.3 Å². The highest BCUT2D eigenvalue weighted by Gasteiger charge is 2.39. The van der Waals surface area contributed by atoms with Gasteiger partial charge in [-0.3, -0.25) is 5.10 Å². The first-order valence-corrected chi connectivity index (χ1v) is 8.67. The molecule has 22 heavy (non-hydrogen) atoms. The highest BCUT2D eigenvalue weighted by molar-refractivity contribution is 6.43. The molecule has 2 N–H and O–H groups in total. The van der Waals surface area contributed by atoms with E-state index in [1.807, 2.05) is 0 Å². The first kappa shape index (κ1) is 16.1. The minimum absolute atomic E-state index is 0.257. The maximum Gasteiger partial charge on any atom is 0.0879 e. The average Bonchev–Trinajstić information content (AvgIpc) is 2.96. The number of aromatic amines is 1. The second-order valence-corrected chi connectivity index (χ2v) is 7.76. The van der Waals surface area contributed by atoms with Crippen LogP contribution in [-0.2, 0) is 0 Å². The van der Waals surface area contributed by atoms with Gasteiger partial charge in [-0.1, -0.05) is 56.3 Å². The number of hydrogen-bond donors (Lipinski definition) is 2. The van der Waals surface area contributed by atoms with E-state index in [-0.39, 0.29) is 5.41 Å². The Morgan fingerprint density at radius 2 is 1.95 bits per heavy atom. The second kappa shape index (κ2) is 6.03. The van der Waals surface area contributed by atoms with Gasteiger partial charge in [0.25, 0.3) is 0 Å². The minimum Gasteiger partial charge on any atom is -0.388 e. The summed E-state index contributed by atoms with van der Waals surface area (Å²) in [7, 11) is 0. The zero-order valence-corrected chi connectivity index (χ0v) is 14.5. The summed E-state index contributed by atoms with van der Waals surface area (Å²) in [6, 6.07) is 1.78. The van der Waals surface area contributed by atoms with Gasteiger partial charge in [-0.15, -0.1) is 0 Å². The van der Waals surface area contributed by atoms with E-state index in [4.69, 9.17) is 23.2 Å². The molecule has 1 aromatic heterocycles. The molecule has 0 saturated heterocycles. The molecule has 1 aliphatic carbocycles. The molecule has 2 aromatic rings. The van der Waals surface area contributed by atoms with Crippen molar-refractivity contribution >= 4 is 34.1 Å². The van der Waals surface area contributed by atoms with Crippen LogP contribution >= 0.6 is 23.2 Å². The van der Waals surface area contributed by atoms with E-state index in [9.17, 15) is 5.11 Å². The van der Waals surface area contributed by atoms with Gasteiger partial charge in [0.15, 0.2) is 0 Å². The third-order valence-corrected chi connectivity index (χ3v) is 6.10. The molecule has 0 aliphatic heterocycles. The number of benzene rings is 1. The maximum atomic E-state index is 11.1. The molecule has 1 unspecified atom stereocenters. The quantitative estimate of drug-likeness (QED) is 0.773. The molecule has 3 rings (SSSR count). The molecule has 0 spiro atoms. The molecule has 120 valence electrons. The lowest BCUT2D eigenvalue weighted by molar-refractivity contribution is -0.00775. The number of rotatable bonds is 3. The number of hydrogen-bond acceptors (Lipinski definition) is 2. The Morgan fingerprint density at radius 1 is 1.27 bits per heavy atom. The van der Waals surface area contributed by atoms with Crippen molar-refractivity contribution in [2.75, 3.05) is 0 Å². The Bertz CT molecular complexity index is 675. The molecule has 1 aliphatic rings. The third-order valence-electron chi connectivity index (χ3n) is 5.30. The first-order valence-electron chi connectivity index (χ1n) is 7.92. The SMILES string of the molecule is CC(C)(C1CCCCC1)C(O)c1c(Cl)c(Cl)cc2cn[nH]c12. The summed E-state index contributed by atoms with van der Waals surface area (Å²) in [5.74, 6) is 0.490. The van der Waals surface area contributed by atoms with E-state index in [0.717, 1.165) is 23.7 Å². The standard InChI is InChI=1S/C17H22Cl2N2O/c1-17(2,11-6-4-3-5-7-11)16(22)13-14(19)12(18)8-10-9-20-21-15(10)13/h8-9,11,16,22H,3-7H2,1-2H3,(H,20,21). The highest BCUT2D eigenvalue weighted by atomic mass is 35.5. The normalized spacial score (nSPS) is 18.8. The maximum absolute atomic E-state index is 11.1. The van der Waals surface area contributed by atoms with E-state index >= 15 is 0 Å². The summed E-state index contributed by atoms with van der Waals surface area (Å²) < 4.78 is 0. The van der Waals surface area contributed by atoms with Gasteiger partial charge in [-0.25, -0.2) is 0 Å². The van der Waals surface area contributed by atoms with Crippen molar-refractivity contribution < 1.29 is 5.11 Å². The number of fused-ring (bicyclic) bond motifs is 1. The Morgan fingerprint density at radius 3 is 2.64 bits per heavy atom. The van der Waals surface area contributed by atoms with Crippen LogP contribution in [0.2, 0.25) is 10.0 Å². The predicted octanol–water partition coefficient (Wildman–Crippen LogP) is 5.51. The molecule has 1 atom stereocenters. The Balaban J connectivity index is 2.05. The molecule has 1 saturated carbocycles. The van der Waals surface area contributed by atoms with Crippen LogP contribution in [-0.4, -0.2) is 15.3 Å². The summed E-state index contributed by atoms with van der Waals surface area (Å²) in [5.41, 5.74) is 1.20. The molecule has 0 bridgehead atoms. The van der Waals surface area contributed by atoms with Crippen molar-refractivity contribution in [3.63, 3.8) is 0 Å². The van der Waals surface area contributed by atoms with Crippen molar-refractivity contribution in [2.24, 2.45) is 11.3 Å². The van der Waals surface area contributed by atoms with Crippen LogP contribution in [0.3, 0.4) is 0 Å². The van der Waals surface area contributed by atoms with Gasteiger partial charge in [0.1, 0.15) is 0 Å². The van der Waals surface area contributed by atoms with Crippen LogP contribution in [0.25, 0.3) is 10.9 Å². The summed E-state index contributed by atoms with van der Waals surface area (Å²) >= 11 is 12.7. The van der Waals surface area contributed by atoms with Crippen LogP contribution in [0.4, 0.5) is 0 Å². The van der Waals surface area contributed by atoms with E-state index in [2.05, 4.69) is 24.0 Å². The van der Waals surface area contributed by atoms with Gasteiger partial charge in [0, 0.05) is 10.9 Å². The average molecular weight is 341 g/mol. The monoisotopic (exact) mass is 340 g/mol. The number of aromatic nitrogens is 2. The molecule has 1 fully saturated rings. The highest BCUT2D eigenvalue weighted by Crippen LogP contribution is 2.49. The van der Waals surface area contributed by atoms with E-state index < -0.39 is 6.10 Å². The molecule has 5 heteroatoms. The van der Waals surface area contributed by atoms with Gasteiger partial charge in [-0.2, -0.15) is 5.10 Å². The number of H-pyrrole nitrogens is 1. The number of halogens is 2. The fraction of sp³-hybridized carbons (Fsp3) is 0.588. The fourth-order valence-corrected chi connectivity index (χ4v) is 4.23. The molecule has 1 aromatic carbocycles. The molecule has 0 radical (unpaired) electrons. The smallest absolute Gasteiger partial charge is 0.0879 e. The number of aliphatic hydroxyl groups excluding tert-OH is 1. The van der Waals surface area contributed by atoms with Crippen LogP contribution in [0.5, 0.6) is 0 Å². The van der Waals surface area contributed by atoms with Crippen molar-refractivity contribution in [2.45, 2.75) is 52.1 Å². The van der Waals surface area contributed by atoms with Gasteiger partial charge in [0.05, 0.1) is 27.9 Å². The zero-order valence-electron chi connectivity index (χ0n) is 13.0. The topological polar surface area (TPSA) is 48.9 Å². The third kappa shape index (κ3) is 2.64. The number of aliphatic hydroxyl groups is 1. The van der Waals surface area contributed by atoms with Crippen LogP contribution < -0.4 is 0 Å². The van der Waals surface area contributed by atoms with Gasteiger partial charge < -0.3 is 5.11 Å². The van der Waals surface area contributed by atoms with E-state index in [1.165, 1.54) is 19.3 Å². The van der Waals surface area contributed by atoms with E-state index in [0.29, 0.717) is 21.5 Å². The molecular formula is C17H22Cl2N2O. The van der Waals surface area contributed by atoms with Crippen LogP contribution in [0.1, 0.15) is 57.6 Å². The second-order valence-electron chi connectivity index (χ2n) is 6.98. The van der Waals surface area contributed by atoms with Crippen molar-refractivity contribution in [1.82, 2.24) is 10.2 Å². The van der Waals surface area contributed by atoms with Gasteiger partial charge in [-0.05, 0) is 30.2 Å². The van der Waals surface area contributed by atoms with Gasteiger partial charge >= 0.3 is 0 Å². The first-order chi connectivity index (χ1) is 10.4. The number of nitrogens with one attached hydrogen (secondary N) is 1. The molecule has 3 nitrogen and oxygen atoms in total. The van der Waals surface area contributed by atoms with Crippen LogP contribution in [0.15, 0.2) is 12.3 Å². The summed E-state index contributed by atoms with van der Waals surface area (Å²) in [6.45, 7) is 4.26. The lowest BCUT2D eigenvalue weighted by Gasteiger charge is -2.41. The molecular weight excluding hydrogens is 319 g/mol. The summed E-state index contributed by atoms with van der Waals surface area (Å²) in [4.78, 5) is 0. The van der Waals surface area contributed by atoms with Crippen molar-refractivity contribution in [3.8, 4) is 0 Å². The Labute approximate surface area is 141 Å². The Hall–Kier alpha value is -0.770. The minimum atomic E-state index is -0.676. The predicted molar refractivity (Wildman–Crippen MR) is 91.4 cm³/mol. The lowest BCUT2D eigenvalue weighted by Crippen LogP contribution is -2.33. The molecule has 1 heterocycles. The molecule has 0 amide bonds. The Kier molecular flexibility index (Phi) is 4.41. The van der Waals surface area contributed by atoms with Crippen LogP contribution in [0, 0.1) is 11.3 Å².